The van der Waals surface area contributed by atoms with Gasteiger partial charge in [-0.3, -0.25) is 0 Å². The van der Waals surface area contributed by atoms with E-state index in [1.165, 1.54) is 6.07 Å². The zero-order chi connectivity index (χ0) is 14.9. The van der Waals surface area contributed by atoms with Gasteiger partial charge in [0, 0.05) is 3.57 Å². The van der Waals surface area contributed by atoms with Gasteiger partial charge >= 0.3 is 6.18 Å². The Kier molecular flexibility index (Phi) is 4.33. The number of rotatable bonds is 2. The maximum atomic E-state index is 13.2. The second-order valence-electron chi connectivity index (χ2n) is 4.27. The predicted octanol–water partition coefficient (Wildman–Crippen LogP) is 4.50. The van der Waals surface area contributed by atoms with Crippen LogP contribution in [0.1, 0.15) is 22.7 Å². The highest BCUT2D eigenvalue weighted by atomic mass is 127. The molecule has 0 bridgehead atoms. The number of benzene rings is 2. The van der Waals surface area contributed by atoms with Crippen LogP contribution in [0.25, 0.3) is 0 Å². The second-order valence-corrected chi connectivity index (χ2v) is 5.51. The molecule has 1 nitrogen and oxygen atoms in total. The summed E-state index contributed by atoms with van der Waals surface area (Å²) in [7, 11) is 0. The van der Waals surface area contributed by atoms with Crippen LogP contribution < -0.4 is 5.73 Å². The minimum atomic E-state index is -4.73. The summed E-state index contributed by atoms with van der Waals surface area (Å²) in [6.07, 6.45) is -4.73. The SMILES string of the molecule is NC(c1ccc(I)cc1)c1ccc(F)c(C(F)(F)F)c1. The molecule has 2 aromatic carbocycles. The van der Waals surface area contributed by atoms with Gasteiger partial charge in [-0.15, -0.1) is 0 Å². The molecule has 0 radical (unpaired) electrons. The van der Waals surface area contributed by atoms with Gasteiger partial charge in [0.15, 0.2) is 0 Å². The second kappa shape index (κ2) is 5.69. The first-order chi connectivity index (χ1) is 9.29. The van der Waals surface area contributed by atoms with Crippen molar-refractivity contribution in [2.45, 2.75) is 12.2 Å². The van der Waals surface area contributed by atoms with Crippen molar-refractivity contribution >= 4 is 22.6 Å². The van der Waals surface area contributed by atoms with E-state index in [-0.39, 0.29) is 5.56 Å². The van der Waals surface area contributed by atoms with Gasteiger partial charge in [-0.2, -0.15) is 13.2 Å². The van der Waals surface area contributed by atoms with Gasteiger partial charge < -0.3 is 5.73 Å². The Morgan fingerprint density at radius 2 is 1.50 bits per heavy atom. The molecule has 0 aliphatic heterocycles. The summed E-state index contributed by atoms with van der Waals surface area (Å²) in [5.74, 6) is -1.30. The quantitative estimate of drug-likeness (QED) is 0.589. The monoisotopic (exact) mass is 395 g/mol. The van der Waals surface area contributed by atoms with Crippen molar-refractivity contribution < 1.29 is 17.6 Å². The fraction of sp³-hybridized carbons (Fsp3) is 0.143. The number of halogens is 5. The first-order valence-corrected chi connectivity index (χ1v) is 6.74. The Labute approximate surface area is 126 Å². The molecule has 0 aliphatic rings. The Morgan fingerprint density at radius 1 is 0.950 bits per heavy atom. The molecule has 0 saturated heterocycles. The molecule has 0 saturated carbocycles. The zero-order valence-corrected chi connectivity index (χ0v) is 12.2. The van der Waals surface area contributed by atoms with Crippen molar-refractivity contribution in [3.8, 4) is 0 Å². The lowest BCUT2D eigenvalue weighted by Gasteiger charge is -2.15. The highest BCUT2D eigenvalue weighted by Gasteiger charge is 2.34. The summed E-state index contributed by atoms with van der Waals surface area (Å²) in [5, 5.41) is 0. The summed E-state index contributed by atoms with van der Waals surface area (Å²) in [4.78, 5) is 0. The summed E-state index contributed by atoms with van der Waals surface area (Å²) in [5.41, 5.74) is 5.53. The molecule has 20 heavy (non-hydrogen) atoms. The molecule has 0 aromatic heterocycles. The van der Waals surface area contributed by atoms with E-state index in [9.17, 15) is 17.6 Å². The highest BCUT2D eigenvalue weighted by molar-refractivity contribution is 14.1. The van der Waals surface area contributed by atoms with E-state index >= 15 is 0 Å². The molecule has 0 fully saturated rings. The van der Waals surface area contributed by atoms with Crippen LogP contribution in [0.3, 0.4) is 0 Å². The van der Waals surface area contributed by atoms with Crippen molar-refractivity contribution in [2.75, 3.05) is 0 Å². The van der Waals surface area contributed by atoms with E-state index < -0.39 is 23.6 Å². The smallest absolute Gasteiger partial charge is 0.320 e. The van der Waals surface area contributed by atoms with Crippen LogP contribution in [-0.4, -0.2) is 0 Å². The minimum absolute atomic E-state index is 0.222. The molecule has 2 aromatic rings. The molecular weight excluding hydrogens is 385 g/mol. The molecule has 0 aliphatic carbocycles. The van der Waals surface area contributed by atoms with Crippen LogP contribution in [0.2, 0.25) is 0 Å². The fourth-order valence-corrected chi connectivity index (χ4v) is 2.18. The third-order valence-electron chi connectivity index (χ3n) is 2.88. The third-order valence-corrected chi connectivity index (χ3v) is 3.60. The number of hydrogen-bond donors (Lipinski definition) is 1. The van der Waals surface area contributed by atoms with E-state index in [4.69, 9.17) is 5.73 Å². The highest BCUT2D eigenvalue weighted by Crippen LogP contribution is 2.33. The van der Waals surface area contributed by atoms with Crippen LogP contribution in [0.15, 0.2) is 42.5 Å². The number of alkyl halides is 3. The Balaban J connectivity index is 2.40. The van der Waals surface area contributed by atoms with Gasteiger partial charge in [-0.1, -0.05) is 18.2 Å². The van der Waals surface area contributed by atoms with Gasteiger partial charge in [-0.25, -0.2) is 4.39 Å². The van der Waals surface area contributed by atoms with E-state index in [1.54, 1.807) is 12.1 Å². The lowest BCUT2D eigenvalue weighted by molar-refractivity contribution is -0.140. The van der Waals surface area contributed by atoms with Crippen LogP contribution in [0.5, 0.6) is 0 Å². The van der Waals surface area contributed by atoms with Crippen LogP contribution >= 0.6 is 22.6 Å². The summed E-state index contributed by atoms with van der Waals surface area (Å²) < 4.78 is 52.2. The van der Waals surface area contributed by atoms with E-state index in [1.807, 2.05) is 12.1 Å². The Bertz CT molecular complexity index is 608. The molecule has 0 heterocycles. The van der Waals surface area contributed by atoms with E-state index in [0.29, 0.717) is 5.56 Å². The third kappa shape index (κ3) is 3.29. The minimum Gasteiger partial charge on any atom is -0.320 e. The van der Waals surface area contributed by atoms with E-state index in [0.717, 1.165) is 15.7 Å². The molecule has 0 amide bonds. The van der Waals surface area contributed by atoms with Gasteiger partial charge in [0.05, 0.1) is 11.6 Å². The van der Waals surface area contributed by atoms with Crippen molar-refractivity contribution in [3.63, 3.8) is 0 Å². The van der Waals surface area contributed by atoms with Crippen molar-refractivity contribution in [1.82, 2.24) is 0 Å². The topological polar surface area (TPSA) is 26.0 Å². The Hall–Kier alpha value is -1.15. The van der Waals surface area contributed by atoms with Crippen molar-refractivity contribution in [2.24, 2.45) is 5.73 Å². The van der Waals surface area contributed by atoms with Crippen LogP contribution in [0.4, 0.5) is 17.6 Å². The van der Waals surface area contributed by atoms with Crippen LogP contribution in [0, 0.1) is 9.39 Å². The van der Waals surface area contributed by atoms with Gasteiger partial charge in [0.2, 0.25) is 0 Å². The summed E-state index contributed by atoms with van der Waals surface area (Å²) in [6.45, 7) is 0. The zero-order valence-electron chi connectivity index (χ0n) is 10.1. The maximum Gasteiger partial charge on any atom is 0.419 e. The number of nitrogens with two attached hydrogens (primary N) is 1. The Morgan fingerprint density at radius 3 is 2.05 bits per heavy atom. The van der Waals surface area contributed by atoms with Gasteiger partial charge in [0.25, 0.3) is 0 Å². The molecule has 2 N–H and O–H groups in total. The fourth-order valence-electron chi connectivity index (χ4n) is 1.82. The molecule has 6 heteroatoms. The molecule has 1 atom stereocenters. The van der Waals surface area contributed by atoms with Crippen molar-refractivity contribution in [1.29, 1.82) is 0 Å². The molecule has 1 unspecified atom stereocenters. The van der Waals surface area contributed by atoms with Crippen LogP contribution in [-0.2, 0) is 6.18 Å². The molecular formula is C14H10F4IN. The number of hydrogen-bond acceptors (Lipinski definition) is 1. The lowest BCUT2D eigenvalue weighted by Crippen LogP contribution is -2.15. The summed E-state index contributed by atoms with van der Waals surface area (Å²) >= 11 is 2.12. The predicted molar refractivity (Wildman–Crippen MR) is 76.6 cm³/mol. The van der Waals surface area contributed by atoms with Gasteiger partial charge in [0.1, 0.15) is 5.82 Å². The summed E-state index contributed by atoms with van der Waals surface area (Å²) in [6, 6.07) is 9.20. The molecule has 106 valence electrons. The average molecular weight is 395 g/mol. The maximum absolute atomic E-state index is 13.2. The first-order valence-electron chi connectivity index (χ1n) is 5.66. The van der Waals surface area contributed by atoms with Gasteiger partial charge in [-0.05, 0) is 58.0 Å². The standard InChI is InChI=1S/C14H10F4IN/c15-12-6-3-9(7-11(12)14(16,17)18)13(20)8-1-4-10(19)5-2-8/h1-7,13H,20H2. The van der Waals surface area contributed by atoms with Crippen molar-refractivity contribution in [3.05, 3.63) is 68.5 Å². The first kappa shape index (κ1) is 15.2. The average Bonchev–Trinajstić information content (AvgIpc) is 2.38. The normalized spacial score (nSPS) is 13.3. The van der Waals surface area contributed by atoms with E-state index in [2.05, 4.69) is 22.6 Å². The molecule has 2 rings (SSSR count). The lowest BCUT2D eigenvalue weighted by atomic mass is 9.97. The largest absolute Gasteiger partial charge is 0.419 e. The molecule has 0 spiro atoms.